The van der Waals surface area contributed by atoms with Crippen LogP contribution in [0.3, 0.4) is 0 Å². The highest BCUT2D eigenvalue weighted by Gasteiger charge is 2.71. The third kappa shape index (κ3) is 3.57. The number of allylic oxidation sites excluding steroid dienone is 1. The summed E-state index contributed by atoms with van der Waals surface area (Å²) in [6.45, 7) is 0. The highest BCUT2D eigenvalue weighted by Crippen LogP contribution is 2.57. The Bertz CT molecular complexity index is 547. The Hall–Kier alpha value is -1.12. The first-order valence-electron chi connectivity index (χ1n) is 7.89. The molecule has 0 aliphatic heterocycles. The standard InChI is InChI=1S/C16H18F8O/c17-11(12(18)19)15(20,21)14(25,16(22,23)24)7-3-4-10-8-13(9-10)5-1-2-6-13/h3-4,10,25H,1-2,5-9H2. The van der Waals surface area contributed by atoms with Crippen LogP contribution < -0.4 is 0 Å². The lowest BCUT2D eigenvalue weighted by molar-refractivity contribution is -0.324. The van der Waals surface area contributed by atoms with Crippen molar-refractivity contribution in [3.8, 4) is 0 Å². The summed E-state index contributed by atoms with van der Waals surface area (Å²) in [4.78, 5) is 0. The van der Waals surface area contributed by atoms with Crippen LogP contribution in [-0.4, -0.2) is 22.8 Å². The fourth-order valence-corrected chi connectivity index (χ4v) is 3.88. The zero-order valence-corrected chi connectivity index (χ0v) is 13.2. The van der Waals surface area contributed by atoms with Crippen LogP contribution in [0.4, 0.5) is 35.1 Å². The maximum atomic E-state index is 13.6. The van der Waals surface area contributed by atoms with Gasteiger partial charge < -0.3 is 5.11 Å². The number of halogens is 8. The Labute approximate surface area is 139 Å². The number of rotatable bonds is 5. The van der Waals surface area contributed by atoms with Crippen molar-refractivity contribution < 1.29 is 40.2 Å². The van der Waals surface area contributed by atoms with Gasteiger partial charge in [-0.25, -0.2) is 0 Å². The van der Waals surface area contributed by atoms with Gasteiger partial charge in [-0.3, -0.25) is 0 Å². The molecule has 2 aliphatic carbocycles. The van der Waals surface area contributed by atoms with Crippen LogP contribution in [0.5, 0.6) is 0 Å². The average molecular weight is 378 g/mol. The molecule has 0 saturated heterocycles. The quantitative estimate of drug-likeness (QED) is 0.466. The minimum Gasteiger partial charge on any atom is -0.375 e. The van der Waals surface area contributed by atoms with Gasteiger partial charge in [0.1, 0.15) is 0 Å². The van der Waals surface area contributed by atoms with Gasteiger partial charge in [0.2, 0.25) is 11.4 Å². The summed E-state index contributed by atoms with van der Waals surface area (Å²) < 4.78 is 103. The van der Waals surface area contributed by atoms with Crippen molar-refractivity contribution in [1.82, 2.24) is 0 Å². The predicted molar refractivity (Wildman–Crippen MR) is 73.7 cm³/mol. The van der Waals surface area contributed by atoms with Crippen LogP contribution in [0, 0.1) is 11.3 Å². The van der Waals surface area contributed by atoms with E-state index in [4.69, 9.17) is 0 Å². The molecular weight excluding hydrogens is 360 g/mol. The van der Waals surface area contributed by atoms with E-state index in [-0.39, 0.29) is 11.3 Å². The molecule has 0 radical (unpaired) electrons. The van der Waals surface area contributed by atoms with Crippen molar-refractivity contribution in [2.45, 2.75) is 62.6 Å². The SMILES string of the molecule is OC(CC=CC1CC2(CCCC2)C1)(C(F)(F)F)C(F)(F)C(F)=C(F)F. The molecule has 2 saturated carbocycles. The van der Waals surface area contributed by atoms with Gasteiger partial charge in [0.25, 0.3) is 0 Å². The Morgan fingerprint density at radius 3 is 1.96 bits per heavy atom. The Morgan fingerprint density at radius 2 is 1.52 bits per heavy atom. The van der Waals surface area contributed by atoms with Gasteiger partial charge in [0.05, 0.1) is 0 Å². The molecule has 1 atom stereocenters. The fraction of sp³-hybridized carbons (Fsp3) is 0.750. The van der Waals surface area contributed by atoms with Crippen molar-refractivity contribution in [2.24, 2.45) is 11.3 Å². The molecule has 0 bridgehead atoms. The molecule has 0 heterocycles. The average Bonchev–Trinajstić information content (AvgIpc) is 2.93. The first kappa shape index (κ1) is 20.2. The summed E-state index contributed by atoms with van der Waals surface area (Å²) >= 11 is 0. The third-order valence-corrected chi connectivity index (χ3v) is 5.31. The molecule has 1 nitrogen and oxygen atoms in total. The molecule has 2 aliphatic rings. The lowest BCUT2D eigenvalue weighted by Gasteiger charge is -2.44. The molecule has 144 valence electrons. The smallest absolute Gasteiger partial charge is 0.375 e. The van der Waals surface area contributed by atoms with Crippen LogP contribution in [0.1, 0.15) is 44.9 Å². The van der Waals surface area contributed by atoms with Gasteiger partial charge in [-0.2, -0.15) is 35.1 Å². The number of alkyl halides is 5. The second-order valence-electron chi connectivity index (χ2n) is 7.01. The molecule has 0 aromatic rings. The second kappa shape index (κ2) is 6.55. The molecule has 1 unspecified atom stereocenters. The second-order valence-corrected chi connectivity index (χ2v) is 7.01. The minimum atomic E-state index is -6.00. The monoisotopic (exact) mass is 378 g/mol. The van der Waals surface area contributed by atoms with Crippen LogP contribution in [0.2, 0.25) is 0 Å². The summed E-state index contributed by atoms with van der Waals surface area (Å²) in [5.41, 5.74) is -4.77. The predicted octanol–water partition coefficient (Wildman–Crippen LogP) is 5.91. The normalized spacial score (nSPS) is 23.7. The first-order valence-corrected chi connectivity index (χ1v) is 7.89. The summed E-state index contributed by atoms with van der Waals surface area (Å²) in [5, 5.41) is 9.37. The summed E-state index contributed by atoms with van der Waals surface area (Å²) in [5.74, 6) is -9.47. The number of hydrogen-bond acceptors (Lipinski definition) is 1. The Balaban J connectivity index is 2.11. The van der Waals surface area contributed by atoms with Gasteiger partial charge in [0, 0.05) is 6.42 Å². The highest BCUT2D eigenvalue weighted by atomic mass is 19.4. The van der Waals surface area contributed by atoms with Crippen molar-refractivity contribution in [1.29, 1.82) is 0 Å². The molecule has 2 fully saturated rings. The van der Waals surface area contributed by atoms with Crippen LogP contribution in [-0.2, 0) is 0 Å². The molecule has 2 rings (SSSR count). The third-order valence-electron chi connectivity index (χ3n) is 5.31. The van der Waals surface area contributed by atoms with E-state index in [2.05, 4.69) is 0 Å². The summed E-state index contributed by atoms with van der Waals surface area (Å²) in [6.07, 6.45) is -3.72. The largest absolute Gasteiger partial charge is 0.423 e. The summed E-state index contributed by atoms with van der Waals surface area (Å²) in [6, 6.07) is 0. The Morgan fingerprint density at radius 1 is 1.00 bits per heavy atom. The van der Waals surface area contributed by atoms with E-state index in [0.717, 1.165) is 38.5 Å². The first-order chi connectivity index (χ1) is 11.3. The van der Waals surface area contributed by atoms with E-state index >= 15 is 0 Å². The van der Waals surface area contributed by atoms with E-state index in [1.807, 2.05) is 0 Å². The van der Waals surface area contributed by atoms with Crippen LogP contribution >= 0.6 is 0 Å². The van der Waals surface area contributed by atoms with E-state index in [1.54, 1.807) is 0 Å². The van der Waals surface area contributed by atoms with Gasteiger partial charge in [-0.1, -0.05) is 25.0 Å². The van der Waals surface area contributed by atoms with Gasteiger partial charge in [-0.05, 0) is 37.0 Å². The number of aliphatic hydroxyl groups is 1. The molecule has 0 amide bonds. The van der Waals surface area contributed by atoms with E-state index in [1.165, 1.54) is 6.08 Å². The van der Waals surface area contributed by atoms with Gasteiger partial charge in [-0.15, -0.1) is 0 Å². The van der Waals surface area contributed by atoms with Crippen LogP contribution in [0.25, 0.3) is 0 Å². The van der Waals surface area contributed by atoms with Crippen LogP contribution in [0.15, 0.2) is 24.1 Å². The van der Waals surface area contributed by atoms with E-state index < -0.39 is 36.0 Å². The van der Waals surface area contributed by atoms with Crippen molar-refractivity contribution in [2.75, 3.05) is 0 Å². The zero-order chi connectivity index (χ0) is 19.1. The maximum Gasteiger partial charge on any atom is 0.423 e. The lowest BCUT2D eigenvalue weighted by atomic mass is 9.61. The molecule has 9 heteroatoms. The van der Waals surface area contributed by atoms with Crippen molar-refractivity contribution in [3.05, 3.63) is 24.1 Å². The molecule has 1 spiro atoms. The molecule has 0 aromatic carbocycles. The maximum absolute atomic E-state index is 13.6. The minimum absolute atomic E-state index is 0.109. The molecule has 1 N–H and O–H groups in total. The highest BCUT2D eigenvalue weighted by molar-refractivity contribution is 5.18. The lowest BCUT2D eigenvalue weighted by Crippen LogP contribution is -2.59. The zero-order valence-electron chi connectivity index (χ0n) is 13.2. The van der Waals surface area contributed by atoms with Gasteiger partial charge in [0.15, 0.2) is 0 Å². The van der Waals surface area contributed by atoms with Crippen molar-refractivity contribution in [3.63, 3.8) is 0 Å². The summed E-state index contributed by atoms with van der Waals surface area (Å²) in [7, 11) is 0. The van der Waals surface area contributed by atoms with E-state index in [0.29, 0.717) is 6.08 Å². The molecular formula is C16H18F8O. The Kier molecular flexibility index (Phi) is 5.29. The van der Waals surface area contributed by atoms with E-state index in [9.17, 15) is 40.2 Å². The van der Waals surface area contributed by atoms with Crippen molar-refractivity contribution >= 4 is 0 Å². The topological polar surface area (TPSA) is 20.2 Å². The molecule has 0 aromatic heterocycles. The molecule has 25 heavy (non-hydrogen) atoms. The van der Waals surface area contributed by atoms with Gasteiger partial charge >= 0.3 is 18.2 Å². The fourth-order valence-electron chi connectivity index (χ4n) is 3.88. The number of hydrogen-bond donors (Lipinski definition) is 1.